The van der Waals surface area contributed by atoms with Crippen molar-refractivity contribution in [3.63, 3.8) is 0 Å². The summed E-state index contributed by atoms with van der Waals surface area (Å²) in [6.45, 7) is 25.3. The molecule has 13 aromatic carbocycles. The molecule has 2 atom stereocenters. The predicted molar refractivity (Wildman–Crippen MR) is 596 cm³/mol. The largest absolute Gasteiger partial charge is 0.283 e. The van der Waals surface area contributed by atoms with Crippen molar-refractivity contribution >= 4 is 82.4 Å². The summed E-state index contributed by atoms with van der Waals surface area (Å²) in [4.78, 5) is 57.6. The third kappa shape index (κ3) is 23.5. The fourth-order valence-corrected chi connectivity index (χ4v) is 19.3. The minimum absolute atomic E-state index is 0.160. The van der Waals surface area contributed by atoms with Crippen molar-refractivity contribution in [2.24, 2.45) is 10.9 Å². The van der Waals surface area contributed by atoms with Crippen LogP contribution in [0.2, 0.25) is 39.3 Å². The zero-order chi connectivity index (χ0) is 97.2. The average Bonchev–Trinajstić information content (AvgIpc) is 0.774. The number of nitrogens with zero attached hydrogens (tertiary/aromatic N) is 12. The molecule has 688 valence electrons. The number of hydrogen-bond donors (Lipinski definition) is 0. The van der Waals surface area contributed by atoms with Crippen molar-refractivity contribution in [1.82, 2.24) is 54.8 Å². The number of allylic oxidation sites excluding steroid dienone is 1. The van der Waals surface area contributed by atoms with Gasteiger partial charge in [-0.15, -0.1) is 0 Å². The van der Waals surface area contributed by atoms with Crippen LogP contribution in [0, 0.1) is 5.92 Å². The minimum atomic E-state index is -1.41. The molecular weight excluding hydrogens is 1750 g/mol. The Balaban J connectivity index is 0.000000126. The van der Waals surface area contributed by atoms with Gasteiger partial charge in [-0.3, -0.25) is 19.9 Å². The molecular formula is C127H112N12Si2. The monoisotopic (exact) mass is 1860 g/mol. The number of rotatable bonds is 14. The van der Waals surface area contributed by atoms with Crippen molar-refractivity contribution in [2.45, 2.75) is 91.3 Å². The standard InChI is InChI=1S/C40H38N4Si2.C40H26N4.C23H26N2.C12H10N2.2C6H6/c1-45(2,3)33-20-15-29(16-21-33)37-26-36(43-40(44-37)32-17-22-34(23-18-32)46(4,5)6)28-11-9-27(10-12-28)35-24-19-31-14-13-30-8-7-25-41-38(30)39(31)42-35;1-3-8-27(9-4-1)28-13-21-34(22-14-28)40-43-36(29-10-5-2-6-11-29)26-37(44-40)31-17-15-30(16-18-31)35-24-23-33-20-19-32-12-7-25-41-38(32)39(33)42-35;1-16(2)17-6-8-19(9-7-17)22-24-15-14-21(25-22)18-10-12-20(13-11-18)23(3,4)5;1-3-9-5-6-10-4-2-8-14-12(10)11(9)13-7-1;2*1-2-4-6-5-3-1/h7-26H,1-6H3;1-26H;6-16H,1-5H3;1-9,11H;2*1-6H. The van der Waals surface area contributed by atoms with Crippen LogP contribution >= 0.6 is 0 Å². The summed E-state index contributed by atoms with van der Waals surface area (Å²) in [6, 6.07) is 140. The molecule has 0 bridgehead atoms. The highest BCUT2D eigenvalue weighted by Crippen LogP contribution is 2.39. The molecule has 8 aromatic heterocycles. The number of pyridine rings is 5. The van der Waals surface area contributed by atoms with E-state index in [0.29, 0.717) is 17.7 Å². The topological polar surface area (TPSA) is 154 Å². The van der Waals surface area contributed by atoms with Crippen molar-refractivity contribution in [2.75, 3.05) is 0 Å². The molecule has 12 nitrogen and oxygen atoms in total. The minimum Gasteiger partial charge on any atom is -0.283 e. The smallest absolute Gasteiger partial charge is 0.160 e. The van der Waals surface area contributed by atoms with Crippen LogP contribution in [0.1, 0.15) is 69.0 Å². The molecule has 2 aliphatic rings. The Labute approximate surface area is 829 Å². The molecule has 0 spiro atoms. The van der Waals surface area contributed by atoms with Crippen molar-refractivity contribution in [1.29, 1.82) is 0 Å². The van der Waals surface area contributed by atoms with Gasteiger partial charge in [0.2, 0.25) is 0 Å². The van der Waals surface area contributed by atoms with Gasteiger partial charge in [0, 0.05) is 114 Å². The summed E-state index contributed by atoms with van der Waals surface area (Å²) in [6.07, 6.45) is 17.7. The van der Waals surface area contributed by atoms with E-state index >= 15 is 0 Å². The van der Waals surface area contributed by atoms with Gasteiger partial charge in [-0.1, -0.05) is 460 Å². The second-order valence-corrected chi connectivity index (χ2v) is 48.7. The molecule has 0 fully saturated rings. The van der Waals surface area contributed by atoms with Gasteiger partial charge in [0.15, 0.2) is 17.5 Å². The lowest BCUT2D eigenvalue weighted by Gasteiger charge is -2.25. The van der Waals surface area contributed by atoms with Gasteiger partial charge >= 0.3 is 0 Å². The van der Waals surface area contributed by atoms with Crippen molar-refractivity contribution < 1.29 is 0 Å². The van der Waals surface area contributed by atoms with Crippen molar-refractivity contribution in [3.8, 4) is 124 Å². The van der Waals surface area contributed by atoms with E-state index in [0.717, 1.165) is 162 Å². The number of benzene rings is 13. The number of hydrogen-bond acceptors (Lipinski definition) is 12. The molecule has 0 radical (unpaired) electrons. The third-order valence-electron chi connectivity index (χ3n) is 25.2. The van der Waals surface area contributed by atoms with Gasteiger partial charge in [0.05, 0.1) is 83.8 Å². The zero-order valence-electron chi connectivity index (χ0n) is 81.5. The van der Waals surface area contributed by atoms with E-state index in [1.807, 2.05) is 158 Å². The molecule has 0 saturated heterocycles. The van der Waals surface area contributed by atoms with Crippen LogP contribution in [0.5, 0.6) is 0 Å². The Hall–Kier alpha value is -16.5. The first-order chi connectivity index (χ1) is 68.6. The Bertz CT molecular complexity index is 7770. The maximum Gasteiger partial charge on any atom is 0.160 e. The highest BCUT2D eigenvalue weighted by Gasteiger charge is 2.27. The lowest BCUT2D eigenvalue weighted by Crippen LogP contribution is -2.37. The van der Waals surface area contributed by atoms with Gasteiger partial charge in [0.25, 0.3) is 0 Å². The SMILES string of the molecule is C1=CC2C=Cc3cccnc3C2N=C1.CC(C)c1ccc(-c2nccc(-c3ccc(C(C)(C)C)cc3)n2)cc1.C[Si](C)(C)c1ccc(-c2cc(-c3ccc(-c4ccc5ccc6cccnc6c5n4)cc3)nc(-c3ccc([Si](C)(C)C)cc3)n2)cc1.c1ccc(-c2ccc(-c3nc(-c4ccccc4)cc(-c4ccc(-c5ccc6ccc7cccnc7c6n5)cc4)n3)cc2)cc1.c1ccccc1.c1ccccc1. The van der Waals surface area contributed by atoms with Gasteiger partial charge < -0.3 is 0 Å². The lowest BCUT2D eigenvalue weighted by molar-refractivity contribution is 0.590. The molecule has 0 N–H and O–H groups in total. The average molecular weight is 1860 g/mol. The van der Waals surface area contributed by atoms with Gasteiger partial charge in [-0.05, 0) is 93.8 Å². The number of aromatic nitrogens is 11. The summed E-state index contributed by atoms with van der Waals surface area (Å²) < 4.78 is 0. The van der Waals surface area contributed by atoms with Gasteiger partial charge in [-0.2, -0.15) is 0 Å². The Morgan fingerprint density at radius 2 is 0.596 bits per heavy atom. The summed E-state index contributed by atoms with van der Waals surface area (Å²) in [5.74, 6) is 3.13. The summed E-state index contributed by atoms with van der Waals surface area (Å²) in [7, 11) is -2.82. The molecule has 14 heteroatoms. The first kappa shape index (κ1) is 94.8. The van der Waals surface area contributed by atoms with E-state index in [4.69, 9.17) is 34.9 Å². The Kier molecular flexibility index (Phi) is 29.2. The molecule has 9 heterocycles. The van der Waals surface area contributed by atoms with Crippen LogP contribution in [0.4, 0.5) is 0 Å². The zero-order valence-corrected chi connectivity index (χ0v) is 83.5. The van der Waals surface area contributed by atoms with E-state index in [9.17, 15) is 0 Å². The maximum atomic E-state index is 5.11. The second kappa shape index (κ2) is 43.4. The van der Waals surface area contributed by atoms with Crippen LogP contribution in [0.15, 0.2) is 454 Å². The summed E-state index contributed by atoms with van der Waals surface area (Å²) in [5, 5.41) is 7.21. The van der Waals surface area contributed by atoms with Crippen LogP contribution in [-0.2, 0) is 5.41 Å². The molecule has 0 saturated carbocycles. The van der Waals surface area contributed by atoms with E-state index in [2.05, 4.69) is 402 Å². The molecule has 1 aliphatic heterocycles. The highest BCUT2D eigenvalue weighted by molar-refractivity contribution is 6.89. The first-order valence-electron chi connectivity index (χ1n) is 48.2. The van der Waals surface area contributed by atoms with Crippen LogP contribution in [0.25, 0.3) is 174 Å². The van der Waals surface area contributed by atoms with Crippen LogP contribution in [-0.4, -0.2) is 77.2 Å². The number of fused-ring (bicyclic) bond motifs is 9. The second-order valence-electron chi connectivity index (χ2n) is 38.6. The summed E-state index contributed by atoms with van der Waals surface area (Å²) >= 11 is 0. The lowest BCUT2D eigenvalue weighted by atomic mass is 9.86. The normalized spacial score (nSPS) is 12.9. The Morgan fingerprint density at radius 1 is 0.262 bits per heavy atom. The number of aliphatic imine (C=N–C) groups is 1. The molecule has 2 unspecified atom stereocenters. The number of dihydropyridines is 1. The van der Waals surface area contributed by atoms with Gasteiger partial charge in [0.1, 0.15) is 6.04 Å². The molecule has 1 aliphatic carbocycles. The van der Waals surface area contributed by atoms with Crippen molar-refractivity contribution in [3.05, 3.63) is 472 Å². The third-order valence-corrected chi connectivity index (χ3v) is 29.3. The van der Waals surface area contributed by atoms with Crippen LogP contribution < -0.4 is 10.4 Å². The van der Waals surface area contributed by atoms with E-state index in [-0.39, 0.29) is 11.5 Å². The van der Waals surface area contributed by atoms with E-state index in [1.54, 1.807) is 0 Å². The first-order valence-corrected chi connectivity index (χ1v) is 55.2. The fourth-order valence-electron chi connectivity index (χ4n) is 17.0. The predicted octanol–water partition coefficient (Wildman–Crippen LogP) is 31.3. The fraction of sp³-hybridized carbons (Fsp3) is 0.118. The van der Waals surface area contributed by atoms with Gasteiger partial charge in [-0.25, -0.2) is 39.9 Å². The molecule has 141 heavy (non-hydrogen) atoms. The highest BCUT2D eigenvalue weighted by atomic mass is 28.3. The summed E-state index contributed by atoms with van der Waals surface area (Å²) in [5.41, 5.74) is 28.0. The van der Waals surface area contributed by atoms with E-state index < -0.39 is 16.1 Å². The molecule has 23 rings (SSSR count). The van der Waals surface area contributed by atoms with E-state index in [1.165, 1.54) is 32.6 Å². The van der Waals surface area contributed by atoms with Crippen LogP contribution in [0.3, 0.4) is 0 Å². The quantitative estimate of drug-likeness (QED) is 0.0755. The molecule has 21 aromatic rings. The maximum absolute atomic E-state index is 5.11. The Morgan fingerprint density at radius 3 is 1.04 bits per heavy atom. The molecule has 0 amide bonds.